The van der Waals surface area contributed by atoms with Gasteiger partial charge in [-0.25, -0.2) is 0 Å². The molecule has 90 valence electrons. The average molecular weight is 296 g/mol. The van der Waals surface area contributed by atoms with Crippen LogP contribution in [0.25, 0.3) is 10.4 Å². The van der Waals surface area contributed by atoms with Crippen LogP contribution in [0.1, 0.15) is 19.4 Å². The highest BCUT2D eigenvalue weighted by molar-refractivity contribution is 9.10. The van der Waals surface area contributed by atoms with Gasteiger partial charge in [0.2, 0.25) is 0 Å². The van der Waals surface area contributed by atoms with Crippen molar-refractivity contribution in [3.63, 3.8) is 0 Å². The van der Waals surface area contributed by atoms with Gasteiger partial charge in [-0.2, -0.15) is 0 Å². The summed E-state index contributed by atoms with van der Waals surface area (Å²) in [4.78, 5) is 2.64. The molecule has 4 nitrogen and oxygen atoms in total. The number of azide groups is 1. The molecule has 0 unspecified atom stereocenters. The van der Waals surface area contributed by atoms with Gasteiger partial charge in [-0.3, -0.25) is 0 Å². The molecule has 0 fully saturated rings. The number of hydrogen-bond donors (Lipinski definition) is 0. The Morgan fingerprint density at radius 2 is 2.29 bits per heavy atom. The number of hydrogen-bond acceptors (Lipinski definition) is 2. The van der Waals surface area contributed by atoms with Crippen LogP contribution in [0, 0.1) is 0 Å². The number of ether oxygens (including phenoxy) is 1. The van der Waals surface area contributed by atoms with Crippen molar-refractivity contribution in [2.45, 2.75) is 26.4 Å². The summed E-state index contributed by atoms with van der Waals surface area (Å²) >= 11 is 3.47. The average Bonchev–Trinajstić information content (AvgIpc) is 2.27. The van der Waals surface area contributed by atoms with Gasteiger partial charge in [0.1, 0.15) is 5.75 Å². The Labute approximate surface area is 109 Å². The fourth-order valence-corrected chi connectivity index (χ4v) is 1.81. The molecule has 5 heteroatoms. The van der Waals surface area contributed by atoms with E-state index in [2.05, 4.69) is 26.0 Å². The molecule has 0 aromatic heterocycles. The first-order valence-corrected chi connectivity index (χ1v) is 6.07. The highest BCUT2D eigenvalue weighted by Crippen LogP contribution is 2.27. The van der Waals surface area contributed by atoms with E-state index < -0.39 is 0 Å². The van der Waals surface area contributed by atoms with Crippen LogP contribution in [-0.2, 0) is 6.42 Å². The molecule has 0 radical (unpaired) electrons. The predicted octanol–water partition coefficient (Wildman–Crippen LogP) is 4.60. The van der Waals surface area contributed by atoms with Gasteiger partial charge in [0, 0.05) is 4.91 Å². The van der Waals surface area contributed by atoms with Gasteiger partial charge in [-0.1, -0.05) is 17.3 Å². The lowest BCUT2D eigenvalue weighted by Gasteiger charge is -2.12. The highest BCUT2D eigenvalue weighted by atomic mass is 79.9. The molecule has 0 aliphatic rings. The maximum atomic E-state index is 8.11. The molecule has 0 N–H and O–H groups in total. The molecule has 1 aromatic carbocycles. The van der Waals surface area contributed by atoms with Gasteiger partial charge in [-0.05, 0) is 65.6 Å². The smallest absolute Gasteiger partial charge is 0.133 e. The second-order valence-electron chi connectivity index (χ2n) is 3.73. The van der Waals surface area contributed by atoms with E-state index >= 15 is 0 Å². The highest BCUT2D eigenvalue weighted by Gasteiger charge is 2.03. The lowest BCUT2D eigenvalue weighted by atomic mass is 10.1. The molecule has 0 saturated heterocycles. The molecule has 0 spiro atoms. The van der Waals surface area contributed by atoms with Crippen LogP contribution >= 0.6 is 15.9 Å². The van der Waals surface area contributed by atoms with Gasteiger partial charge in [0.05, 0.1) is 10.6 Å². The van der Waals surface area contributed by atoms with Gasteiger partial charge < -0.3 is 4.74 Å². The van der Waals surface area contributed by atoms with E-state index in [1.54, 1.807) is 0 Å². The van der Waals surface area contributed by atoms with Gasteiger partial charge in [0.15, 0.2) is 0 Å². The van der Waals surface area contributed by atoms with Crippen LogP contribution in [0.3, 0.4) is 0 Å². The minimum Gasteiger partial charge on any atom is -0.490 e. The Hall–Kier alpha value is -1.45. The zero-order valence-corrected chi connectivity index (χ0v) is 11.4. The van der Waals surface area contributed by atoms with Crippen molar-refractivity contribution in [2.24, 2.45) is 5.11 Å². The first-order chi connectivity index (χ1) is 8.13. The van der Waals surface area contributed by atoms with E-state index in [0.717, 1.165) is 22.2 Å². The molecule has 17 heavy (non-hydrogen) atoms. The Kier molecular flexibility index (Phi) is 5.60. The zero-order chi connectivity index (χ0) is 12.7. The summed E-state index contributed by atoms with van der Waals surface area (Å²) in [6, 6.07) is 5.92. The van der Waals surface area contributed by atoms with Crippen LogP contribution in [0.2, 0.25) is 0 Å². The monoisotopic (exact) mass is 295 g/mol. The van der Waals surface area contributed by atoms with Crippen molar-refractivity contribution in [3.8, 4) is 5.75 Å². The van der Waals surface area contributed by atoms with Gasteiger partial charge in [0.25, 0.3) is 0 Å². The fraction of sp³-hybridized carbons (Fsp3) is 0.333. The fourth-order valence-electron chi connectivity index (χ4n) is 1.29. The van der Waals surface area contributed by atoms with E-state index in [1.807, 2.05) is 38.1 Å². The van der Waals surface area contributed by atoms with E-state index in [9.17, 15) is 0 Å². The molecule has 0 amide bonds. The quantitative estimate of drug-likeness (QED) is 0.445. The second kappa shape index (κ2) is 6.99. The predicted molar refractivity (Wildman–Crippen MR) is 71.9 cm³/mol. The van der Waals surface area contributed by atoms with Crippen LogP contribution in [-0.4, -0.2) is 6.10 Å². The number of allylic oxidation sites excluding steroid dienone is 1. The van der Waals surface area contributed by atoms with Crippen LogP contribution in [0.15, 0.2) is 40.1 Å². The third kappa shape index (κ3) is 4.93. The zero-order valence-electron chi connectivity index (χ0n) is 9.80. The number of benzene rings is 1. The molecule has 0 saturated carbocycles. The van der Waals surface area contributed by atoms with Crippen LogP contribution < -0.4 is 4.74 Å². The lowest BCUT2D eigenvalue weighted by Crippen LogP contribution is -2.05. The Morgan fingerprint density at radius 3 is 2.88 bits per heavy atom. The number of halogens is 1. The first-order valence-electron chi connectivity index (χ1n) is 5.27. The van der Waals surface area contributed by atoms with Crippen molar-refractivity contribution in [1.29, 1.82) is 0 Å². The molecule has 0 heterocycles. The Morgan fingerprint density at radius 1 is 1.53 bits per heavy atom. The number of rotatable bonds is 5. The maximum Gasteiger partial charge on any atom is 0.133 e. The van der Waals surface area contributed by atoms with Crippen molar-refractivity contribution in [1.82, 2.24) is 0 Å². The van der Waals surface area contributed by atoms with Crippen molar-refractivity contribution < 1.29 is 4.74 Å². The molecule has 0 bridgehead atoms. The topological polar surface area (TPSA) is 58.0 Å². The standard InChI is InChI=1S/C12H14BrN3O/c1-9(2)17-12-6-5-10(8-11(12)13)4-3-7-15-16-14/h3,5-9H,4H2,1-2H3/b7-3+. The molecule has 1 rings (SSSR count). The Bertz CT molecular complexity index is 451. The second-order valence-corrected chi connectivity index (χ2v) is 4.58. The van der Waals surface area contributed by atoms with Crippen molar-refractivity contribution in [3.05, 3.63) is 51.0 Å². The van der Waals surface area contributed by atoms with Gasteiger partial charge in [-0.15, -0.1) is 0 Å². The summed E-state index contributed by atoms with van der Waals surface area (Å²) in [5, 5.41) is 3.33. The maximum absolute atomic E-state index is 8.11. The van der Waals surface area contributed by atoms with E-state index in [4.69, 9.17) is 10.3 Å². The lowest BCUT2D eigenvalue weighted by molar-refractivity contribution is 0.241. The van der Waals surface area contributed by atoms with E-state index in [0.29, 0.717) is 0 Å². The summed E-state index contributed by atoms with van der Waals surface area (Å²) in [7, 11) is 0. The Balaban J connectivity index is 2.71. The summed E-state index contributed by atoms with van der Waals surface area (Å²) in [6.07, 6.45) is 4.14. The van der Waals surface area contributed by atoms with Gasteiger partial charge >= 0.3 is 0 Å². The minimum atomic E-state index is 0.155. The molecule has 0 aliphatic heterocycles. The SMILES string of the molecule is CC(C)Oc1ccc(C/C=C/N=[N+]=[N-])cc1Br. The minimum absolute atomic E-state index is 0.155. The summed E-state index contributed by atoms with van der Waals surface area (Å²) in [5.74, 6) is 0.836. The van der Waals surface area contributed by atoms with E-state index in [-0.39, 0.29) is 6.10 Å². The molecule has 0 atom stereocenters. The summed E-state index contributed by atoms with van der Waals surface area (Å²) in [6.45, 7) is 3.98. The first kappa shape index (κ1) is 13.6. The van der Waals surface area contributed by atoms with E-state index in [1.165, 1.54) is 6.20 Å². The van der Waals surface area contributed by atoms with Crippen LogP contribution in [0.4, 0.5) is 0 Å². The summed E-state index contributed by atoms with van der Waals surface area (Å²) in [5.41, 5.74) is 9.23. The number of nitrogens with zero attached hydrogens (tertiary/aromatic N) is 3. The van der Waals surface area contributed by atoms with Crippen molar-refractivity contribution >= 4 is 15.9 Å². The normalized spacial score (nSPS) is 10.6. The molecular formula is C12H14BrN3O. The van der Waals surface area contributed by atoms with Crippen LogP contribution in [0.5, 0.6) is 5.75 Å². The molecule has 0 aliphatic carbocycles. The molecular weight excluding hydrogens is 282 g/mol. The third-order valence-corrected chi connectivity index (χ3v) is 2.56. The third-order valence-electron chi connectivity index (χ3n) is 1.94. The van der Waals surface area contributed by atoms with Crippen molar-refractivity contribution in [2.75, 3.05) is 0 Å². The summed E-state index contributed by atoms with van der Waals surface area (Å²) < 4.78 is 6.54. The largest absolute Gasteiger partial charge is 0.490 e. The molecule has 1 aromatic rings.